The van der Waals surface area contributed by atoms with E-state index in [2.05, 4.69) is 16.7 Å². The fourth-order valence-corrected chi connectivity index (χ4v) is 6.51. The molecule has 1 aromatic carbocycles. The third kappa shape index (κ3) is 4.07. The molecular formula is C25H35FN4O3. The minimum atomic E-state index is -0.937. The lowest BCUT2D eigenvalue weighted by Crippen LogP contribution is -2.46. The van der Waals surface area contributed by atoms with Gasteiger partial charge in [0.15, 0.2) is 0 Å². The molecule has 0 radical (unpaired) electrons. The molecule has 5 rings (SSSR count). The molecule has 4 saturated heterocycles. The fourth-order valence-electron chi connectivity index (χ4n) is 6.51. The number of halogens is 1. The second-order valence-electron chi connectivity index (χ2n) is 10.3. The van der Waals surface area contributed by atoms with Crippen LogP contribution < -0.4 is 9.80 Å². The van der Waals surface area contributed by atoms with Crippen molar-refractivity contribution in [2.24, 2.45) is 5.41 Å². The van der Waals surface area contributed by atoms with E-state index in [0.717, 1.165) is 31.6 Å². The van der Waals surface area contributed by atoms with Gasteiger partial charge in [-0.15, -0.1) is 0 Å². The molecule has 4 fully saturated rings. The Hall–Kier alpha value is -2.35. The van der Waals surface area contributed by atoms with Gasteiger partial charge < -0.3 is 19.8 Å². The van der Waals surface area contributed by atoms with Gasteiger partial charge in [0.25, 0.3) is 0 Å². The molecule has 1 spiro atoms. The van der Waals surface area contributed by atoms with Gasteiger partial charge in [-0.3, -0.25) is 9.69 Å². The number of benzene rings is 1. The number of hydrogen-bond donors (Lipinski definition) is 1. The average molecular weight is 459 g/mol. The quantitative estimate of drug-likeness (QED) is 0.747. The predicted octanol–water partition coefficient (Wildman–Crippen LogP) is 3.78. The van der Waals surface area contributed by atoms with Gasteiger partial charge in [-0.1, -0.05) is 0 Å². The highest BCUT2D eigenvalue weighted by Crippen LogP contribution is 2.44. The van der Waals surface area contributed by atoms with Crippen molar-refractivity contribution in [3.05, 3.63) is 24.0 Å². The maximum atomic E-state index is 15.2. The van der Waals surface area contributed by atoms with Crippen LogP contribution in [0.5, 0.6) is 0 Å². The lowest BCUT2D eigenvalue weighted by atomic mass is 9.77. The third-order valence-electron chi connectivity index (χ3n) is 8.63. The number of likely N-dealkylation sites (tertiary alicyclic amines) is 2. The molecule has 2 amide bonds. The van der Waals surface area contributed by atoms with E-state index < -0.39 is 11.5 Å². The number of piperidine rings is 2. The molecule has 1 atom stereocenters. The first-order chi connectivity index (χ1) is 15.9. The van der Waals surface area contributed by atoms with E-state index >= 15 is 4.39 Å². The smallest absolute Gasteiger partial charge is 0.407 e. The number of amides is 2. The first-order valence-electron chi connectivity index (χ1n) is 12.5. The van der Waals surface area contributed by atoms with Crippen LogP contribution >= 0.6 is 0 Å². The number of carbonyl (C=O) groups excluding carboxylic acids is 1. The van der Waals surface area contributed by atoms with E-state index in [0.29, 0.717) is 56.7 Å². The number of hydrogen-bond acceptors (Lipinski definition) is 4. The van der Waals surface area contributed by atoms with Crippen molar-refractivity contribution in [1.82, 2.24) is 9.80 Å². The van der Waals surface area contributed by atoms with Crippen molar-refractivity contribution < 1.29 is 19.1 Å². The van der Waals surface area contributed by atoms with Crippen molar-refractivity contribution in [3.8, 4) is 0 Å². The molecule has 4 aliphatic heterocycles. The molecule has 7 nitrogen and oxygen atoms in total. The van der Waals surface area contributed by atoms with Crippen LogP contribution in [0.4, 0.5) is 20.6 Å². The molecule has 4 heterocycles. The van der Waals surface area contributed by atoms with Gasteiger partial charge in [-0.05, 0) is 76.6 Å². The SMILES string of the molecule is C[C@H]1CCCN1C1CCN(c2ccc(N3CCC4(CCN(C(=O)O)CC4)C3=O)c(F)c2)CC1. The Morgan fingerprint density at radius 3 is 2.33 bits per heavy atom. The Labute approximate surface area is 195 Å². The molecular weight excluding hydrogens is 423 g/mol. The standard InChI is InChI=1S/C25H35FN4O3/c1-18-3-2-11-29(18)19-6-12-27(13-7-19)20-4-5-22(21(26)17-20)30-16-10-25(23(30)31)8-14-28(15-9-25)24(32)33/h4-5,17-19H,2-3,6-16H2,1H3,(H,32,33)/t18-/m0/s1. The highest BCUT2D eigenvalue weighted by molar-refractivity contribution is 6.00. The van der Waals surface area contributed by atoms with E-state index in [1.54, 1.807) is 17.0 Å². The second-order valence-corrected chi connectivity index (χ2v) is 10.3. The zero-order valence-electron chi connectivity index (χ0n) is 19.5. The fraction of sp³-hybridized carbons (Fsp3) is 0.680. The molecule has 0 saturated carbocycles. The predicted molar refractivity (Wildman–Crippen MR) is 125 cm³/mol. The number of anilines is 2. The van der Waals surface area contributed by atoms with Crippen LogP contribution in [0.3, 0.4) is 0 Å². The van der Waals surface area contributed by atoms with Crippen molar-refractivity contribution in [3.63, 3.8) is 0 Å². The van der Waals surface area contributed by atoms with Crippen LogP contribution in [-0.4, -0.2) is 78.3 Å². The summed E-state index contributed by atoms with van der Waals surface area (Å²) in [4.78, 5) is 32.3. The second kappa shape index (κ2) is 8.78. The van der Waals surface area contributed by atoms with E-state index in [4.69, 9.17) is 0 Å². The van der Waals surface area contributed by atoms with E-state index in [1.807, 2.05) is 6.07 Å². The van der Waals surface area contributed by atoms with Crippen LogP contribution in [0.15, 0.2) is 18.2 Å². The normalized spacial score (nSPS) is 26.5. The number of carbonyl (C=O) groups is 2. The highest BCUT2D eigenvalue weighted by atomic mass is 19.1. The summed E-state index contributed by atoms with van der Waals surface area (Å²) in [5.41, 5.74) is 0.688. The molecule has 4 aliphatic rings. The Morgan fingerprint density at radius 2 is 1.73 bits per heavy atom. The minimum absolute atomic E-state index is 0.0558. The van der Waals surface area contributed by atoms with Crippen molar-refractivity contribution in [2.75, 3.05) is 49.1 Å². The lowest BCUT2D eigenvalue weighted by molar-refractivity contribution is -0.127. The van der Waals surface area contributed by atoms with Gasteiger partial charge in [0.2, 0.25) is 5.91 Å². The Morgan fingerprint density at radius 1 is 1.03 bits per heavy atom. The molecule has 8 heteroatoms. The zero-order chi connectivity index (χ0) is 23.2. The average Bonchev–Trinajstić information content (AvgIpc) is 3.38. The molecule has 0 unspecified atom stereocenters. The zero-order valence-corrected chi connectivity index (χ0v) is 19.5. The van der Waals surface area contributed by atoms with Crippen LogP contribution in [0.2, 0.25) is 0 Å². The molecule has 0 aromatic heterocycles. The van der Waals surface area contributed by atoms with Crippen LogP contribution in [-0.2, 0) is 4.79 Å². The first-order valence-corrected chi connectivity index (χ1v) is 12.5. The van der Waals surface area contributed by atoms with Crippen LogP contribution in [0, 0.1) is 11.2 Å². The molecule has 0 bridgehead atoms. The third-order valence-corrected chi connectivity index (χ3v) is 8.63. The molecule has 180 valence electrons. The summed E-state index contributed by atoms with van der Waals surface area (Å²) in [6, 6.07) is 6.59. The van der Waals surface area contributed by atoms with Gasteiger partial charge in [0.05, 0.1) is 11.1 Å². The first kappa shape index (κ1) is 22.4. The summed E-state index contributed by atoms with van der Waals surface area (Å²) in [6.45, 7) is 6.60. The number of carboxylic acid groups (broad SMARTS) is 1. The Bertz CT molecular complexity index is 909. The molecule has 1 N–H and O–H groups in total. The van der Waals surface area contributed by atoms with Crippen molar-refractivity contribution in [2.45, 2.75) is 64.0 Å². The van der Waals surface area contributed by atoms with Crippen LogP contribution in [0.25, 0.3) is 0 Å². The molecule has 33 heavy (non-hydrogen) atoms. The minimum Gasteiger partial charge on any atom is -0.465 e. The lowest BCUT2D eigenvalue weighted by Gasteiger charge is -2.39. The van der Waals surface area contributed by atoms with E-state index in [1.165, 1.54) is 24.3 Å². The Balaban J connectivity index is 1.23. The van der Waals surface area contributed by atoms with Gasteiger partial charge in [0.1, 0.15) is 5.82 Å². The topological polar surface area (TPSA) is 67.3 Å². The largest absolute Gasteiger partial charge is 0.465 e. The highest BCUT2D eigenvalue weighted by Gasteiger charge is 2.49. The summed E-state index contributed by atoms with van der Waals surface area (Å²) in [7, 11) is 0. The summed E-state index contributed by atoms with van der Waals surface area (Å²) < 4.78 is 15.2. The summed E-state index contributed by atoms with van der Waals surface area (Å²) in [6.07, 6.45) is 5.54. The van der Waals surface area contributed by atoms with Crippen molar-refractivity contribution in [1.29, 1.82) is 0 Å². The number of nitrogens with zero attached hydrogens (tertiary/aromatic N) is 4. The molecule has 1 aromatic rings. The van der Waals surface area contributed by atoms with Gasteiger partial charge >= 0.3 is 6.09 Å². The summed E-state index contributed by atoms with van der Waals surface area (Å²) >= 11 is 0. The monoisotopic (exact) mass is 458 g/mol. The van der Waals surface area contributed by atoms with E-state index in [-0.39, 0.29) is 11.7 Å². The van der Waals surface area contributed by atoms with Crippen molar-refractivity contribution >= 4 is 23.4 Å². The Kier molecular flexibility index (Phi) is 5.97. The van der Waals surface area contributed by atoms with Gasteiger partial charge in [-0.2, -0.15) is 0 Å². The molecule has 0 aliphatic carbocycles. The maximum Gasteiger partial charge on any atom is 0.407 e. The number of rotatable bonds is 3. The maximum absolute atomic E-state index is 15.2. The summed E-state index contributed by atoms with van der Waals surface area (Å²) in [5, 5.41) is 9.19. The van der Waals surface area contributed by atoms with Gasteiger partial charge in [0, 0.05) is 50.5 Å². The van der Waals surface area contributed by atoms with Gasteiger partial charge in [-0.25, -0.2) is 9.18 Å². The summed E-state index contributed by atoms with van der Waals surface area (Å²) in [5.74, 6) is -0.407. The van der Waals surface area contributed by atoms with Crippen LogP contribution in [0.1, 0.15) is 51.9 Å². The van der Waals surface area contributed by atoms with E-state index in [9.17, 15) is 14.7 Å².